The van der Waals surface area contributed by atoms with Crippen LogP contribution in [0.15, 0.2) is 0 Å². The first kappa shape index (κ1) is 15.3. The van der Waals surface area contributed by atoms with E-state index >= 15 is 0 Å². The van der Waals surface area contributed by atoms with Crippen molar-refractivity contribution >= 4 is 5.97 Å². The molecule has 0 aliphatic carbocycles. The summed E-state index contributed by atoms with van der Waals surface area (Å²) in [5.74, 6) is -0.348. The molecule has 0 amide bonds. The molecule has 0 aromatic carbocycles. The van der Waals surface area contributed by atoms with E-state index in [0.29, 0.717) is 19.8 Å². The van der Waals surface area contributed by atoms with E-state index in [2.05, 4.69) is 0 Å². The fourth-order valence-electron chi connectivity index (χ4n) is 1.20. The van der Waals surface area contributed by atoms with Crippen LogP contribution in [-0.2, 0) is 14.3 Å². The van der Waals surface area contributed by atoms with Crippen LogP contribution in [-0.4, -0.2) is 56.4 Å². The molecule has 0 heterocycles. The molecule has 5 heteroatoms. The number of esters is 1. The summed E-state index contributed by atoms with van der Waals surface area (Å²) in [6, 6.07) is -0.580. The molecule has 0 spiro atoms. The molecule has 1 atom stereocenters. The fraction of sp³-hybridized carbons (Fsp3) is 0.909. The molecule has 5 nitrogen and oxygen atoms in total. The highest BCUT2D eigenvalue weighted by molar-refractivity contribution is 5.75. The Labute approximate surface area is 97.9 Å². The number of carbonyl (C=O) groups is 1. The Bertz CT molecular complexity index is 198. The van der Waals surface area contributed by atoms with Crippen molar-refractivity contribution in [3.8, 4) is 0 Å². The number of carbonyl (C=O) groups excluding carboxylic acids is 1. The lowest BCUT2D eigenvalue weighted by atomic mass is 10.3. The van der Waals surface area contributed by atoms with E-state index in [9.17, 15) is 4.79 Å². The highest BCUT2D eigenvalue weighted by Crippen LogP contribution is 1.93. The number of likely N-dealkylation sites (N-methyl/N-ethyl adjacent to an activating group) is 1. The number of hydrogen-bond acceptors (Lipinski definition) is 5. The van der Waals surface area contributed by atoms with Gasteiger partial charge in [-0.25, -0.2) is 0 Å². The van der Waals surface area contributed by atoms with E-state index in [1.807, 2.05) is 25.8 Å². The molecular weight excluding hydrogens is 208 g/mol. The van der Waals surface area contributed by atoms with Gasteiger partial charge in [0, 0.05) is 13.1 Å². The molecule has 0 aromatic rings. The van der Waals surface area contributed by atoms with Gasteiger partial charge < -0.3 is 20.1 Å². The normalized spacial score (nSPS) is 13.2. The number of hydrogen-bond donors (Lipinski definition) is 1. The standard InChI is InChI=1S/C11H24N2O3/c1-5-15-11(14)10(12)8-13(4)6-7-16-9(2)3/h9-10H,5-8,12H2,1-4H3. The summed E-state index contributed by atoms with van der Waals surface area (Å²) < 4.78 is 10.2. The summed E-state index contributed by atoms with van der Waals surface area (Å²) in [6.07, 6.45) is 0.229. The van der Waals surface area contributed by atoms with E-state index in [0.717, 1.165) is 6.54 Å². The number of nitrogens with two attached hydrogens (primary N) is 1. The summed E-state index contributed by atoms with van der Waals surface area (Å²) in [5, 5.41) is 0. The van der Waals surface area contributed by atoms with E-state index < -0.39 is 6.04 Å². The molecule has 1 unspecified atom stereocenters. The molecule has 16 heavy (non-hydrogen) atoms. The Morgan fingerprint density at radius 2 is 2.06 bits per heavy atom. The number of ether oxygens (including phenoxy) is 2. The lowest BCUT2D eigenvalue weighted by Gasteiger charge is -2.20. The molecule has 0 bridgehead atoms. The molecule has 0 saturated heterocycles. The highest BCUT2D eigenvalue weighted by Gasteiger charge is 2.16. The van der Waals surface area contributed by atoms with Gasteiger partial charge in [-0.1, -0.05) is 0 Å². The Balaban J connectivity index is 3.69. The second kappa shape index (κ2) is 8.50. The zero-order valence-electron chi connectivity index (χ0n) is 10.7. The lowest BCUT2D eigenvalue weighted by molar-refractivity contribution is -0.145. The molecule has 2 N–H and O–H groups in total. The average molecular weight is 232 g/mol. The number of rotatable bonds is 8. The third-order valence-electron chi connectivity index (χ3n) is 2.02. The van der Waals surface area contributed by atoms with Crippen molar-refractivity contribution in [2.45, 2.75) is 32.9 Å². The molecule has 0 aliphatic heterocycles. The molecule has 0 radical (unpaired) electrons. The highest BCUT2D eigenvalue weighted by atomic mass is 16.5. The van der Waals surface area contributed by atoms with Crippen LogP contribution in [0.25, 0.3) is 0 Å². The van der Waals surface area contributed by atoms with Crippen LogP contribution < -0.4 is 5.73 Å². The topological polar surface area (TPSA) is 64.8 Å². The van der Waals surface area contributed by atoms with Crippen LogP contribution in [0, 0.1) is 0 Å². The van der Waals surface area contributed by atoms with Gasteiger partial charge in [-0.2, -0.15) is 0 Å². The van der Waals surface area contributed by atoms with Crippen molar-refractivity contribution in [1.82, 2.24) is 4.90 Å². The van der Waals surface area contributed by atoms with Crippen molar-refractivity contribution < 1.29 is 14.3 Å². The van der Waals surface area contributed by atoms with Gasteiger partial charge in [-0.15, -0.1) is 0 Å². The summed E-state index contributed by atoms with van der Waals surface area (Å²) in [5.41, 5.74) is 5.68. The smallest absolute Gasteiger partial charge is 0.324 e. The Hall–Kier alpha value is -0.650. The summed E-state index contributed by atoms with van der Waals surface area (Å²) in [4.78, 5) is 13.2. The van der Waals surface area contributed by atoms with Gasteiger partial charge in [0.2, 0.25) is 0 Å². The fourth-order valence-corrected chi connectivity index (χ4v) is 1.20. The zero-order chi connectivity index (χ0) is 12.6. The van der Waals surface area contributed by atoms with Crippen LogP contribution in [0.1, 0.15) is 20.8 Å². The maximum atomic E-state index is 11.3. The molecule has 96 valence electrons. The Morgan fingerprint density at radius 1 is 1.44 bits per heavy atom. The molecule has 0 fully saturated rings. The lowest BCUT2D eigenvalue weighted by Crippen LogP contribution is -2.43. The first-order valence-electron chi connectivity index (χ1n) is 5.69. The molecule has 0 aliphatic rings. The maximum absolute atomic E-state index is 11.3. The monoisotopic (exact) mass is 232 g/mol. The molecule has 0 aromatic heterocycles. The van der Waals surface area contributed by atoms with Crippen LogP contribution in [0.3, 0.4) is 0 Å². The second-order valence-corrected chi connectivity index (χ2v) is 4.04. The molecule has 0 rings (SSSR count). The summed E-state index contributed by atoms with van der Waals surface area (Å²) >= 11 is 0. The SMILES string of the molecule is CCOC(=O)C(N)CN(C)CCOC(C)C. The van der Waals surface area contributed by atoms with E-state index in [-0.39, 0.29) is 12.1 Å². The van der Waals surface area contributed by atoms with Gasteiger partial charge in [-0.05, 0) is 27.8 Å². The zero-order valence-corrected chi connectivity index (χ0v) is 10.7. The van der Waals surface area contributed by atoms with Crippen LogP contribution in [0.2, 0.25) is 0 Å². The predicted molar refractivity (Wildman–Crippen MR) is 63.2 cm³/mol. The van der Waals surface area contributed by atoms with Gasteiger partial charge in [-0.3, -0.25) is 4.79 Å². The summed E-state index contributed by atoms with van der Waals surface area (Å²) in [7, 11) is 1.91. The van der Waals surface area contributed by atoms with Gasteiger partial charge in [0.05, 0.1) is 19.3 Å². The van der Waals surface area contributed by atoms with Gasteiger partial charge >= 0.3 is 5.97 Å². The maximum Gasteiger partial charge on any atom is 0.324 e. The Kier molecular flexibility index (Phi) is 8.15. The van der Waals surface area contributed by atoms with Crippen LogP contribution in [0.5, 0.6) is 0 Å². The molecular formula is C11H24N2O3. The average Bonchev–Trinajstić information content (AvgIpc) is 2.17. The third kappa shape index (κ3) is 7.62. The predicted octanol–water partition coefficient (Wildman–Crippen LogP) is 0.234. The number of nitrogens with zero attached hydrogens (tertiary/aromatic N) is 1. The quantitative estimate of drug-likeness (QED) is 0.607. The Morgan fingerprint density at radius 3 is 2.56 bits per heavy atom. The van der Waals surface area contributed by atoms with Gasteiger partial charge in [0.15, 0.2) is 0 Å². The van der Waals surface area contributed by atoms with E-state index in [1.165, 1.54) is 0 Å². The minimum absolute atomic E-state index is 0.229. The van der Waals surface area contributed by atoms with Crippen molar-refractivity contribution in [2.24, 2.45) is 5.73 Å². The largest absolute Gasteiger partial charge is 0.465 e. The van der Waals surface area contributed by atoms with Crippen molar-refractivity contribution in [3.63, 3.8) is 0 Å². The van der Waals surface area contributed by atoms with Crippen molar-refractivity contribution in [2.75, 3.05) is 33.4 Å². The minimum atomic E-state index is -0.580. The van der Waals surface area contributed by atoms with Gasteiger partial charge in [0.25, 0.3) is 0 Å². The van der Waals surface area contributed by atoms with Crippen LogP contribution in [0.4, 0.5) is 0 Å². The first-order valence-corrected chi connectivity index (χ1v) is 5.69. The van der Waals surface area contributed by atoms with Crippen LogP contribution >= 0.6 is 0 Å². The van der Waals surface area contributed by atoms with Crippen molar-refractivity contribution in [1.29, 1.82) is 0 Å². The van der Waals surface area contributed by atoms with Gasteiger partial charge in [0.1, 0.15) is 6.04 Å². The van der Waals surface area contributed by atoms with Crippen molar-refractivity contribution in [3.05, 3.63) is 0 Å². The summed E-state index contributed by atoms with van der Waals surface area (Å²) in [6.45, 7) is 8.00. The first-order chi connectivity index (χ1) is 7.47. The molecule has 0 saturated carbocycles. The third-order valence-corrected chi connectivity index (χ3v) is 2.02. The van der Waals surface area contributed by atoms with E-state index in [4.69, 9.17) is 15.2 Å². The second-order valence-electron chi connectivity index (χ2n) is 4.04. The van der Waals surface area contributed by atoms with E-state index in [1.54, 1.807) is 6.92 Å². The minimum Gasteiger partial charge on any atom is -0.465 e.